The first kappa shape index (κ1) is 12.7. The Morgan fingerprint density at radius 3 is 2.44 bits per heavy atom. The van der Waals surface area contributed by atoms with Gasteiger partial charge in [-0.1, -0.05) is 43.7 Å². The van der Waals surface area contributed by atoms with Crippen LogP contribution in [0.1, 0.15) is 31.7 Å². The van der Waals surface area contributed by atoms with E-state index >= 15 is 0 Å². The number of hydrogen-bond acceptors (Lipinski definition) is 2. The van der Waals surface area contributed by atoms with Crippen LogP contribution in [0.5, 0.6) is 0 Å². The Labute approximate surface area is 98.3 Å². The van der Waals surface area contributed by atoms with Crippen LogP contribution in [-0.2, 0) is 5.41 Å². The van der Waals surface area contributed by atoms with Gasteiger partial charge >= 0.3 is 0 Å². The van der Waals surface area contributed by atoms with Crippen molar-refractivity contribution in [3.63, 3.8) is 0 Å². The van der Waals surface area contributed by atoms with Crippen LogP contribution in [0.25, 0.3) is 0 Å². The van der Waals surface area contributed by atoms with E-state index in [-0.39, 0.29) is 5.41 Å². The molecule has 0 fully saturated rings. The van der Waals surface area contributed by atoms with E-state index in [0.717, 1.165) is 31.4 Å². The Kier molecular flexibility index (Phi) is 5.01. The van der Waals surface area contributed by atoms with E-state index < -0.39 is 0 Å². The Hall–Kier alpha value is -1.33. The quantitative estimate of drug-likeness (QED) is 0.793. The first-order chi connectivity index (χ1) is 7.79. The number of nitrogens with one attached hydrogen (secondary N) is 1. The first-order valence-electron chi connectivity index (χ1n) is 5.90. The molecule has 0 radical (unpaired) electrons. The maximum Gasteiger partial charge on any atom is 0.0834 e. The van der Waals surface area contributed by atoms with Gasteiger partial charge in [0.25, 0.3) is 0 Å². The van der Waals surface area contributed by atoms with Crippen LogP contribution in [-0.4, -0.2) is 13.6 Å². The first-order valence-corrected chi connectivity index (χ1v) is 5.90. The van der Waals surface area contributed by atoms with Gasteiger partial charge in [0.2, 0.25) is 0 Å². The van der Waals surface area contributed by atoms with Gasteiger partial charge in [-0.05, 0) is 32.0 Å². The molecule has 0 spiro atoms. The lowest BCUT2D eigenvalue weighted by Gasteiger charge is -2.26. The molecule has 1 aromatic carbocycles. The average Bonchev–Trinajstić information content (AvgIpc) is 2.36. The summed E-state index contributed by atoms with van der Waals surface area (Å²) in [6.45, 7) is 3.01. The Morgan fingerprint density at radius 1 is 1.25 bits per heavy atom. The van der Waals surface area contributed by atoms with E-state index in [4.69, 9.17) is 0 Å². The van der Waals surface area contributed by atoms with Crippen molar-refractivity contribution >= 4 is 0 Å². The Bertz CT molecular complexity index is 340. The summed E-state index contributed by atoms with van der Waals surface area (Å²) in [5.74, 6) is 0. The van der Waals surface area contributed by atoms with Gasteiger partial charge in [0, 0.05) is 0 Å². The van der Waals surface area contributed by atoms with E-state index in [1.807, 2.05) is 25.2 Å². The molecule has 1 rings (SSSR count). The summed E-state index contributed by atoms with van der Waals surface area (Å²) in [7, 11) is 1.93. The maximum absolute atomic E-state index is 9.51. The van der Waals surface area contributed by atoms with Crippen LogP contribution in [0, 0.1) is 11.3 Å². The van der Waals surface area contributed by atoms with Crippen molar-refractivity contribution in [1.29, 1.82) is 5.26 Å². The van der Waals surface area contributed by atoms with Crippen LogP contribution in [0.4, 0.5) is 0 Å². The maximum atomic E-state index is 9.51. The van der Waals surface area contributed by atoms with Gasteiger partial charge < -0.3 is 5.32 Å². The van der Waals surface area contributed by atoms with Gasteiger partial charge in [-0.25, -0.2) is 0 Å². The molecule has 0 aliphatic rings. The van der Waals surface area contributed by atoms with Crippen LogP contribution in [0.15, 0.2) is 30.3 Å². The monoisotopic (exact) mass is 216 g/mol. The Balaban J connectivity index is 2.98. The zero-order valence-electron chi connectivity index (χ0n) is 10.2. The fraction of sp³-hybridized carbons (Fsp3) is 0.500. The normalized spacial score (nSPS) is 14.1. The summed E-state index contributed by atoms with van der Waals surface area (Å²) in [6.07, 6.45) is 2.83. The molecular formula is C14H20N2. The molecule has 0 saturated heterocycles. The standard InChI is InChI=1S/C14H20N2/c1-3-9-14(12-15,10-11-16-2)13-7-5-4-6-8-13/h4-8,16H,3,9-11H2,1-2H3/t14-/m0/s1. The zero-order valence-corrected chi connectivity index (χ0v) is 10.2. The fourth-order valence-corrected chi connectivity index (χ4v) is 2.11. The second-order valence-electron chi connectivity index (χ2n) is 4.16. The second kappa shape index (κ2) is 6.30. The third-order valence-corrected chi connectivity index (χ3v) is 3.02. The largest absolute Gasteiger partial charge is 0.320 e. The average molecular weight is 216 g/mol. The number of rotatable bonds is 6. The van der Waals surface area contributed by atoms with Gasteiger partial charge in [0.1, 0.15) is 0 Å². The van der Waals surface area contributed by atoms with E-state index in [9.17, 15) is 5.26 Å². The van der Waals surface area contributed by atoms with Crippen molar-refractivity contribution < 1.29 is 0 Å². The Morgan fingerprint density at radius 2 is 1.94 bits per heavy atom. The zero-order chi connectivity index (χ0) is 11.9. The van der Waals surface area contributed by atoms with Crippen LogP contribution < -0.4 is 5.32 Å². The predicted octanol–water partition coefficient (Wildman–Crippen LogP) is 2.86. The molecule has 0 bridgehead atoms. The van der Waals surface area contributed by atoms with Gasteiger partial charge in [-0.15, -0.1) is 0 Å². The van der Waals surface area contributed by atoms with Crippen molar-refractivity contribution in [2.75, 3.05) is 13.6 Å². The van der Waals surface area contributed by atoms with E-state index in [2.05, 4.69) is 30.4 Å². The summed E-state index contributed by atoms with van der Waals surface area (Å²) < 4.78 is 0. The third-order valence-electron chi connectivity index (χ3n) is 3.02. The van der Waals surface area contributed by atoms with Crippen LogP contribution >= 0.6 is 0 Å². The number of hydrogen-bond donors (Lipinski definition) is 1. The van der Waals surface area contributed by atoms with E-state index in [1.165, 1.54) is 0 Å². The lowest BCUT2D eigenvalue weighted by Crippen LogP contribution is -2.28. The lowest BCUT2D eigenvalue weighted by molar-refractivity contribution is 0.450. The number of benzene rings is 1. The molecule has 16 heavy (non-hydrogen) atoms. The predicted molar refractivity (Wildman–Crippen MR) is 67.2 cm³/mol. The van der Waals surface area contributed by atoms with Crippen molar-refractivity contribution in [2.45, 2.75) is 31.6 Å². The number of nitriles is 1. The minimum absolute atomic E-state index is 0.320. The minimum atomic E-state index is -0.320. The summed E-state index contributed by atoms with van der Waals surface area (Å²) in [5, 5.41) is 12.6. The SMILES string of the molecule is CCC[C@@](C#N)(CCNC)c1ccccc1. The lowest BCUT2D eigenvalue weighted by atomic mass is 9.75. The van der Waals surface area contributed by atoms with Crippen molar-refractivity contribution in [2.24, 2.45) is 0 Å². The second-order valence-corrected chi connectivity index (χ2v) is 4.16. The molecule has 0 aliphatic heterocycles. The minimum Gasteiger partial charge on any atom is -0.320 e. The molecule has 2 heteroatoms. The molecule has 1 aromatic rings. The summed E-state index contributed by atoms with van der Waals surface area (Å²) in [4.78, 5) is 0. The molecular weight excluding hydrogens is 196 g/mol. The third kappa shape index (κ3) is 2.84. The highest BCUT2D eigenvalue weighted by atomic mass is 14.8. The molecule has 0 amide bonds. The fourth-order valence-electron chi connectivity index (χ4n) is 2.11. The summed E-state index contributed by atoms with van der Waals surface area (Å²) in [6, 6.07) is 12.7. The van der Waals surface area contributed by atoms with Gasteiger partial charge in [0.05, 0.1) is 11.5 Å². The summed E-state index contributed by atoms with van der Waals surface area (Å²) in [5.41, 5.74) is 0.827. The van der Waals surface area contributed by atoms with Crippen LogP contribution in [0.3, 0.4) is 0 Å². The van der Waals surface area contributed by atoms with E-state index in [0.29, 0.717) is 0 Å². The topological polar surface area (TPSA) is 35.8 Å². The highest BCUT2D eigenvalue weighted by molar-refractivity contribution is 5.32. The van der Waals surface area contributed by atoms with E-state index in [1.54, 1.807) is 0 Å². The molecule has 2 nitrogen and oxygen atoms in total. The van der Waals surface area contributed by atoms with Crippen molar-refractivity contribution in [3.8, 4) is 6.07 Å². The molecule has 86 valence electrons. The number of nitrogens with zero attached hydrogens (tertiary/aromatic N) is 1. The molecule has 0 saturated carbocycles. The van der Waals surface area contributed by atoms with Crippen molar-refractivity contribution in [3.05, 3.63) is 35.9 Å². The molecule has 1 atom stereocenters. The molecule has 1 N–H and O–H groups in total. The molecule has 0 aromatic heterocycles. The highest BCUT2D eigenvalue weighted by Crippen LogP contribution is 2.32. The molecule has 0 heterocycles. The van der Waals surface area contributed by atoms with Crippen LogP contribution in [0.2, 0.25) is 0 Å². The van der Waals surface area contributed by atoms with Gasteiger partial charge in [0.15, 0.2) is 0 Å². The molecule has 0 aliphatic carbocycles. The molecule has 0 unspecified atom stereocenters. The smallest absolute Gasteiger partial charge is 0.0834 e. The summed E-state index contributed by atoms with van der Waals surface area (Å²) >= 11 is 0. The van der Waals surface area contributed by atoms with Crippen molar-refractivity contribution in [1.82, 2.24) is 5.32 Å². The van der Waals surface area contributed by atoms with Gasteiger partial charge in [-0.3, -0.25) is 0 Å². The highest BCUT2D eigenvalue weighted by Gasteiger charge is 2.30. The van der Waals surface area contributed by atoms with Gasteiger partial charge in [-0.2, -0.15) is 5.26 Å².